The summed E-state index contributed by atoms with van der Waals surface area (Å²) < 4.78 is 7.16. The van der Waals surface area contributed by atoms with Gasteiger partial charge in [0.15, 0.2) is 10.8 Å². The number of aryl methyl sites for hydroxylation is 1. The number of hydrogen-bond acceptors (Lipinski definition) is 5. The van der Waals surface area contributed by atoms with Crippen molar-refractivity contribution in [3.8, 4) is 29.0 Å². The van der Waals surface area contributed by atoms with E-state index in [0.717, 1.165) is 30.6 Å². The Morgan fingerprint density at radius 1 is 1.18 bits per heavy atom. The lowest BCUT2D eigenvalue weighted by Crippen LogP contribution is -2.29. The summed E-state index contributed by atoms with van der Waals surface area (Å²) in [7, 11) is 3.50. The van der Waals surface area contributed by atoms with Gasteiger partial charge in [-0.05, 0) is 43.7 Å². The Morgan fingerprint density at radius 3 is 2.71 bits per heavy atom. The van der Waals surface area contributed by atoms with Crippen molar-refractivity contribution in [1.29, 1.82) is 0 Å². The molecular formula is C21H21ClN4O2. The number of aromatic nitrogens is 4. The highest BCUT2D eigenvalue weighted by Crippen LogP contribution is 2.29. The predicted octanol–water partition coefficient (Wildman–Crippen LogP) is 3.74. The second-order valence-corrected chi connectivity index (χ2v) is 7.44. The molecule has 2 aromatic heterocycles. The highest BCUT2D eigenvalue weighted by Gasteiger charge is 2.26. The number of hydrogen-bond donors (Lipinski definition) is 1. The molecular weight excluding hydrogens is 376 g/mol. The molecule has 0 saturated heterocycles. The summed E-state index contributed by atoms with van der Waals surface area (Å²) >= 11 is 6.37. The third kappa shape index (κ3) is 3.56. The number of fused-ring (bicyclic) bond motifs is 1. The summed E-state index contributed by atoms with van der Waals surface area (Å²) in [6, 6.07) is 7.64. The molecule has 28 heavy (non-hydrogen) atoms. The lowest BCUT2D eigenvalue weighted by Gasteiger charge is -2.26. The number of rotatable bonds is 2. The second kappa shape index (κ2) is 7.42. The molecule has 7 heteroatoms. The Balaban J connectivity index is 1.76. The third-order valence-electron chi connectivity index (χ3n) is 5.09. The molecule has 3 aromatic rings. The van der Waals surface area contributed by atoms with Crippen molar-refractivity contribution in [2.75, 3.05) is 7.11 Å². The smallest absolute Gasteiger partial charge is 0.208 e. The van der Waals surface area contributed by atoms with Crippen molar-refractivity contribution in [3.05, 3.63) is 35.2 Å². The zero-order valence-corrected chi connectivity index (χ0v) is 16.6. The van der Waals surface area contributed by atoms with Gasteiger partial charge in [-0.3, -0.25) is 0 Å². The molecule has 1 aromatic carbocycles. The van der Waals surface area contributed by atoms with E-state index < -0.39 is 5.60 Å². The van der Waals surface area contributed by atoms with E-state index in [-0.39, 0.29) is 11.0 Å². The normalized spacial score (nSPS) is 15.9. The predicted molar refractivity (Wildman–Crippen MR) is 108 cm³/mol. The summed E-state index contributed by atoms with van der Waals surface area (Å²) in [5, 5.41) is 10.8. The minimum Gasteiger partial charge on any atom is -0.497 e. The molecule has 0 radical (unpaired) electrons. The highest BCUT2D eigenvalue weighted by molar-refractivity contribution is 6.33. The first-order valence-corrected chi connectivity index (χ1v) is 9.67. The van der Waals surface area contributed by atoms with E-state index in [1.54, 1.807) is 7.11 Å². The van der Waals surface area contributed by atoms with E-state index in [9.17, 15) is 5.11 Å². The molecule has 1 fully saturated rings. The van der Waals surface area contributed by atoms with Crippen LogP contribution in [-0.2, 0) is 7.05 Å². The minimum atomic E-state index is -0.957. The fourth-order valence-electron chi connectivity index (χ4n) is 3.54. The van der Waals surface area contributed by atoms with Crippen molar-refractivity contribution >= 4 is 22.8 Å². The quantitative estimate of drug-likeness (QED) is 0.527. The van der Waals surface area contributed by atoms with Crippen LogP contribution in [0, 0.1) is 11.8 Å². The number of methoxy groups -OCH3 is 1. The molecule has 0 amide bonds. The van der Waals surface area contributed by atoms with E-state index >= 15 is 0 Å². The molecule has 0 spiro atoms. The van der Waals surface area contributed by atoms with Gasteiger partial charge in [0.1, 0.15) is 22.7 Å². The molecule has 144 valence electrons. The molecule has 0 atom stereocenters. The van der Waals surface area contributed by atoms with Crippen LogP contribution in [0.3, 0.4) is 0 Å². The van der Waals surface area contributed by atoms with Crippen molar-refractivity contribution in [3.63, 3.8) is 0 Å². The zero-order valence-electron chi connectivity index (χ0n) is 15.9. The summed E-state index contributed by atoms with van der Waals surface area (Å²) in [5.41, 5.74) is 1.04. The Hall–Kier alpha value is -2.62. The topological polar surface area (TPSA) is 73.1 Å². The maximum atomic E-state index is 10.6. The number of imidazole rings is 1. The van der Waals surface area contributed by atoms with Crippen LogP contribution in [0.5, 0.6) is 5.75 Å². The molecule has 2 heterocycles. The summed E-state index contributed by atoms with van der Waals surface area (Å²) in [6.07, 6.45) is 4.47. The van der Waals surface area contributed by atoms with Gasteiger partial charge >= 0.3 is 0 Å². The van der Waals surface area contributed by atoms with Crippen LogP contribution in [-0.4, -0.2) is 37.3 Å². The first kappa shape index (κ1) is 18.7. The fraction of sp³-hybridized carbons (Fsp3) is 0.381. The lowest BCUT2D eigenvalue weighted by molar-refractivity contribution is 0.0610. The van der Waals surface area contributed by atoms with Gasteiger partial charge in [0.25, 0.3) is 0 Å². The molecule has 1 aliphatic rings. The Kier molecular flexibility index (Phi) is 4.96. The molecule has 1 N–H and O–H groups in total. The van der Waals surface area contributed by atoms with E-state index in [0.29, 0.717) is 29.8 Å². The number of halogens is 1. The van der Waals surface area contributed by atoms with Crippen LogP contribution in [0.2, 0.25) is 5.15 Å². The number of aliphatic hydroxyl groups is 1. The first-order chi connectivity index (χ1) is 13.5. The standard InChI is InChI=1S/C21H21ClN4O2/c1-26-19(14-7-6-8-15(13-14)28-2)25-17-18(22)23-16(24-20(17)26)9-12-21(27)10-4-3-5-11-21/h6-8,13,27H,3-5,10-11H2,1-2H3. The van der Waals surface area contributed by atoms with Crippen LogP contribution < -0.4 is 4.74 Å². The minimum absolute atomic E-state index is 0.245. The Bertz CT molecular complexity index is 1090. The zero-order chi connectivity index (χ0) is 19.7. The first-order valence-electron chi connectivity index (χ1n) is 9.29. The Labute approximate surface area is 168 Å². The number of ether oxygens (including phenoxy) is 1. The lowest BCUT2D eigenvalue weighted by atomic mass is 9.85. The average molecular weight is 397 g/mol. The van der Waals surface area contributed by atoms with Crippen LogP contribution in [0.1, 0.15) is 37.9 Å². The fourth-order valence-corrected chi connectivity index (χ4v) is 3.74. The highest BCUT2D eigenvalue weighted by atomic mass is 35.5. The monoisotopic (exact) mass is 396 g/mol. The molecule has 6 nitrogen and oxygen atoms in total. The van der Waals surface area contributed by atoms with Crippen molar-refractivity contribution < 1.29 is 9.84 Å². The summed E-state index contributed by atoms with van der Waals surface area (Å²) in [6.45, 7) is 0. The van der Waals surface area contributed by atoms with Gasteiger partial charge in [-0.15, -0.1) is 0 Å². The molecule has 4 rings (SSSR count). The van der Waals surface area contributed by atoms with Gasteiger partial charge < -0.3 is 14.4 Å². The maximum absolute atomic E-state index is 10.6. The molecule has 1 aliphatic carbocycles. The Morgan fingerprint density at radius 2 is 1.96 bits per heavy atom. The van der Waals surface area contributed by atoms with Crippen molar-refractivity contribution in [1.82, 2.24) is 19.5 Å². The third-order valence-corrected chi connectivity index (χ3v) is 5.36. The molecule has 1 saturated carbocycles. The van der Waals surface area contributed by atoms with Gasteiger partial charge in [0.2, 0.25) is 5.82 Å². The van der Waals surface area contributed by atoms with Crippen LogP contribution >= 0.6 is 11.6 Å². The van der Waals surface area contributed by atoms with E-state index in [1.807, 2.05) is 35.9 Å². The van der Waals surface area contributed by atoms with Gasteiger partial charge in [-0.1, -0.05) is 36.1 Å². The van der Waals surface area contributed by atoms with Gasteiger partial charge in [-0.25, -0.2) is 15.0 Å². The molecule has 0 unspecified atom stereocenters. The van der Waals surface area contributed by atoms with Crippen LogP contribution in [0.4, 0.5) is 0 Å². The van der Waals surface area contributed by atoms with E-state index in [4.69, 9.17) is 16.3 Å². The average Bonchev–Trinajstić information content (AvgIpc) is 3.04. The summed E-state index contributed by atoms with van der Waals surface area (Å²) in [4.78, 5) is 13.4. The van der Waals surface area contributed by atoms with Crippen LogP contribution in [0.25, 0.3) is 22.6 Å². The van der Waals surface area contributed by atoms with Crippen molar-refractivity contribution in [2.24, 2.45) is 7.05 Å². The van der Waals surface area contributed by atoms with Crippen molar-refractivity contribution in [2.45, 2.75) is 37.7 Å². The summed E-state index contributed by atoms with van der Waals surface area (Å²) in [5.74, 6) is 7.61. The van der Waals surface area contributed by atoms with Gasteiger partial charge in [0.05, 0.1) is 7.11 Å². The SMILES string of the molecule is COc1cccc(-c2nc3c(Cl)nc(C#CC4(O)CCCCC4)nc3n2C)c1. The van der Waals surface area contributed by atoms with E-state index in [2.05, 4.69) is 26.8 Å². The maximum Gasteiger partial charge on any atom is 0.208 e. The second-order valence-electron chi connectivity index (χ2n) is 7.08. The molecule has 0 aliphatic heterocycles. The van der Waals surface area contributed by atoms with E-state index in [1.165, 1.54) is 0 Å². The van der Waals surface area contributed by atoms with Gasteiger partial charge in [-0.2, -0.15) is 0 Å². The number of nitrogens with zero attached hydrogens (tertiary/aromatic N) is 4. The van der Waals surface area contributed by atoms with Gasteiger partial charge in [0, 0.05) is 12.6 Å². The van der Waals surface area contributed by atoms with Crippen LogP contribution in [0.15, 0.2) is 24.3 Å². The molecule has 0 bridgehead atoms. The number of benzene rings is 1. The largest absolute Gasteiger partial charge is 0.497 e.